The largest absolute Gasteiger partial charge is 0.383 e. The van der Waals surface area contributed by atoms with E-state index in [0.717, 1.165) is 32.6 Å². The number of piperidine rings is 1. The van der Waals surface area contributed by atoms with Crippen LogP contribution in [0.5, 0.6) is 0 Å². The molecule has 1 saturated carbocycles. The van der Waals surface area contributed by atoms with Gasteiger partial charge in [-0.15, -0.1) is 0 Å². The van der Waals surface area contributed by atoms with Gasteiger partial charge in [0.05, 0.1) is 6.61 Å². The number of hydrogen-bond donors (Lipinski definition) is 1. The average Bonchev–Trinajstić information content (AvgIpc) is 3.04. The summed E-state index contributed by atoms with van der Waals surface area (Å²) < 4.78 is 5.06. The van der Waals surface area contributed by atoms with Crippen molar-refractivity contribution in [3.05, 3.63) is 0 Å². The summed E-state index contributed by atoms with van der Waals surface area (Å²) >= 11 is 0. The summed E-state index contributed by atoms with van der Waals surface area (Å²) in [7, 11) is 1.68. The minimum Gasteiger partial charge on any atom is -0.383 e. The van der Waals surface area contributed by atoms with E-state index in [2.05, 4.69) is 5.32 Å². The van der Waals surface area contributed by atoms with Crippen molar-refractivity contribution >= 4 is 5.91 Å². The molecule has 1 aliphatic heterocycles. The van der Waals surface area contributed by atoms with Crippen LogP contribution < -0.4 is 5.32 Å². The molecule has 1 heterocycles. The van der Waals surface area contributed by atoms with Gasteiger partial charge >= 0.3 is 0 Å². The zero-order chi connectivity index (χ0) is 12.3. The number of amides is 1. The first-order valence-corrected chi connectivity index (χ1v) is 6.72. The Balaban J connectivity index is 1.87. The van der Waals surface area contributed by atoms with E-state index in [0.29, 0.717) is 23.8 Å². The van der Waals surface area contributed by atoms with Crippen molar-refractivity contribution in [2.45, 2.75) is 26.2 Å². The maximum absolute atomic E-state index is 12.4. The van der Waals surface area contributed by atoms with E-state index in [1.54, 1.807) is 7.11 Å². The van der Waals surface area contributed by atoms with Crippen molar-refractivity contribution in [1.82, 2.24) is 10.2 Å². The van der Waals surface area contributed by atoms with Crippen LogP contribution in [0.25, 0.3) is 0 Å². The van der Waals surface area contributed by atoms with E-state index in [9.17, 15) is 4.79 Å². The van der Waals surface area contributed by atoms with E-state index < -0.39 is 0 Å². The van der Waals surface area contributed by atoms with Gasteiger partial charge in [0.15, 0.2) is 0 Å². The number of rotatable bonds is 5. The molecule has 1 atom stereocenters. The standard InChI is InChI=1S/C13H24N2O2/c1-3-15(8-9-17-2)12(16)11-10-13(11)4-6-14-7-5-13/h11,14H,3-10H2,1-2H3. The number of nitrogens with zero attached hydrogens (tertiary/aromatic N) is 1. The Bertz CT molecular complexity index is 275. The predicted molar refractivity (Wildman–Crippen MR) is 66.8 cm³/mol. The summed E-state index contributed by atoms with van der Waals surface area (Å²) in [4.78, 5) is 14.3. The fourth-order valence-corrected chi connectivity index (χ4v) is 3.02. The summed E-state index contributed by atoms with van der Waals surface area (Å²) in [6.45, 7) is 6.37. The Morgan fingerprint density at radius 3 is 2.76 bits per heavy atom. The lowest BCUT2D eigenvalue weighted by molar-refractivity contribution is -0.134. The zero-order valence-corrected chi connectivity index (χ0v) is 11.0. The van der Waals surface area contributed by atoms with Gasteiger partial charge in [0, 0.05) is 26.1 Å². The van der Waals surface area contributed by atoms with Crippen LogP contribution in [0.3, 0.4) is 0 Å². The second-order valence-electron chi connectivity index (χ2n) is 5.28. The third kappa shape index (κ3) is 2.63. The summed E-state index contributed by atoms with van der Waals surface area (Å²) in [6, 6.07) is 0. The van der Waals surface area contributed by atoms with Crippen molar-refractivity contribution in [2.75, 3.05) is 39.9 Å². The molecule has 1 spiro atoms. The van der Waals surface area contributed by atoms with E-state index in [1.807, 2.05) is 11.8 Å². The van der Waals surface area contributed by atoms with Gasteiger partial charge in [-0.05, 0) is 44.7 Å². The first-order chi connectivity index (χ1) is 8.23. The van der Waals surface area contributed by atoms with Gasteiger partial charge in [0.25, 0.3) is 0 Å². The minimum atomic E-state index is 0.293. The lowest BCUT2D eigenvalue weighted by Crippen LogP contribution is -2.38. The molecule has 4 heteroatoms. The van der Waals surface area contributed by atoms with Crippen molar-refractivity contribution in [3.8, 4) is 0 Å². The maximum Gasteiger partial charge on any atom is 0.226 e. The quantitative estimate of drug-likeness (QED) is 0.775. The summed E-state index contributed by atoms with van der Waals surface area (Å²) in [5.41, 5.74) is 0.350. The van der Waals surface area contributed by atoms with Crippen LogP contribution in [0.4, 0.5) is 0 Å². The van der Waals surface area contributed by atoms with E-state index >= 15 is 0 Å². The fraction of sp³-hybridized carbons (Fsp3) is 0.923. The second-order valence-corrected chi connectivity index (χ2v) is 5.28. The van der Waals surface area contributed by atoms with E-state index in [-0.39, 0.29) is 0 Å². The van der Waals surface area contributed by atoms with Gasteiger partial charge < -0.3 is 15.0 Å². The SMILES string of the molecule is CCN(CCOC)C(=O)C1CC12CCNCC2. The molecular weight excluding hydrogens is 216 g/mol. The lowest BCUT2D eigenvalue weighted by Gasteiger charge is -2.26. The van der Waals surface area contributed by atoms with Gasteiger partial charge in [-0.1, -0.05) is 0 Å². The number of hydrogen-bond acceptors (Lipinski definition) is 3. The van der Waals surface area contributed by atoms with Crippen LogP contribution >= 0.6 is 0 Å². The molecule has 4 nitrogen and oxygen atoms in total. The normalized spacial score (nSPS) is 25.9. The number of nitrogens with one attached hydrogen (secondary N) is 1. The van der Waals surface area contributed by atoms with Gasteiger partial charge in [-0.2, -0.15) is 0 Å². The van der Waals surface area contributed by atoms with Crippen molar-refractivity contribution < 1.29 is 9.53 Å². The molecule has 2 aliphatic rings. The second kappa shape index (κ2) is 5.36. The molecule has 98 valence electrons. The molecule has 1 saturated heterocycles. The monoisotopic (exact) mass is 240 g/mol. The fourth-order valence-electron chi connectivity index (χ4n) is 3.02. The Hall–Kier alpha value is -0.610. The molecule has 1 amide bonds. The first-order valence-electron chi connectivity index (χ1n) is 6.72. The Morgan fingerprint density at radius 1 is 1.47 bits per heavy atom. The maximum atomic E-state index is 12.4. The lowest BCUT2D eigenvalue weighted by atomic mass is 9.91. The highest BCUT2D eigenvalue weighted by Crippen LogP contribution is 2.59. The summed E-state index contributed by atoms with van der Waals surface area (Å²) in [6.07, 6.45) is 3.45. The van der Waals surface area contributed by atoms with E-state index in [4.69, 9.17) is 4.74 Å². The molecule has 0 aromatic heterocycles. The number of ether oxygens (including phenoxy) is 1. The molecule has 0 aromatic carbocycles. The van der Waals surface area contributed by atoms with Crippen molar-refractivity contribution in [2.24, 2.45) is 11.3 Å². The smallest absolute Gasteiger partial charge is 0.226 e. The molecule has 1 aliphatic carbocycles. The van der Waals surface area contributed by atoms with Gasteiger partial charge in [0.2, 0.25) is 5.91 Å². The van der Waals surface area contributed by atoms with E-state index in [1.165, 1.54) is 12.8 Å². The van der Waals surface area contributed by atoms with Crippen LogP contribution in [0.2, 0.25) is 0 Å². The first kappa shape index (κ1) is 12.8. The molecular formula is C13H24N2O2. The molecule has 0 aromatic rings. The molecule has 2 fully saturated rings. The van der Waals surface area contributed by atoms with Gasteiger partial charge in [-0.25, -0.2) is 0 Å². The molecule has 0 radical (unpaired) electrons. The molecule has 2 rings (SSSR count). The predicted octanol–water partition coefficient (Wildman–Crippen LogP) is 0.871. The molecule has 17 heavy (non-hydrogen) atoms. The van der Waals surface area contributed by atoms with Crippen LogP contribution in [0, 0.1) is 11.3 Å². The van der Waals surface area contributed by atoms with Crippen LogP contribution in [-0.2, 0) is 9.53 Å². The zero-order valence-electron chi connectivity index (χ0n) is 11.0. The van der Waals surface area contributed by atoms with Gasteiger partial charge in [0.1, 0.15) is 0 Å². The third-order valence-corrected chi connectivity index (χ3v) is 4.35. The molecule has 1 N–H and O–H groups in total. The number of methoxy groups -OCH3 is 1. The topological polar surface area (TPSA) is 41.6 Å². The Kier molecular flexibility index (Phi) is 4.05. The molecule has 0 bridgehead atoms. The van der Waals surface area contributed by atoms with Crippen LogP contribution in [0.1, 0.15) is 26.2 Å². The van der Waals surface area contributed by atoms with Crippen molar-refractivity contribution in [3.63, 3.8) is 0 Å². The van der Waals surface area contributed by atoms with Crippen LogP contribution in [0.15, 0.2) is 0 Å². The Morgan fingerprint density at radius 2 is 2.18 bits per heavy atom. The van der Waals surface area contributed by atoms with Gasteiger partial charge in [-0.3, -0.25) is 4.79 Å². The number of carbonyl (C=O) groups excluding carboxylic acids is 1. The number of carbonyl (C=O) groups is 1. The number of likely N-dealkylation sites (N-methyl/N-ethyl adjacent to an activating group) is 1. The Labute approximate surface area is 104 Å². The third-order valence-electron chi connectivity index (χ3n) is 4.35. The highest BCUT2D eigenvalue weighted by molar-refractivity contribution is 5.82. The van der Waals surface area contributed by atoms with Crippen LogP contribution in [-0.4, -0.2) is 50.7 Å². The highest BCUT2D eigenvalue weighted by Gasteiger charge is 2.58. The average molecular weight is 240 g/mol. The highest BCUT2D eigenvalue weighted by atomic mass is 16.5. The minimum absolute atomic E-state index is 0.293. The van der Waals surface area contributed by atoms with Crippen molar-refractivity contribution in [1.29, 1.82) is 0 Å². The molecule has 1 unspecified atom stereocenters. The summed E-state index contributed by atoms with van der Waals surface area (Å²) in [5, 5.41) is 3.37. The summed E-state index contributed by atoms with van der Waals surface area (Å²) in [5.74, 6) is 0.646.